The van der Waals surface area contributed by atoms with E-state index in [0.29, 0.717) is 29.0 Å². The summed E-state index contributed by atoms with van der Waals surface area (Å²) in [7, 11) is 0. The molecule has 0 aliphatic heterocycles. The normalized spacial score (nSPS) is 10.7. The Morgan fingerprint density at radius 2 is 1.68 bits per heavy atom. The second kappa shape index (κ2) is 9.55. The molecule has 2 rings (SSSR count). The molecule has 0 unspecified atom stereocenters. The minimum Gasteiger partial charge on any atom is -0.493 e. The molecule has 0 amide bonds. The van der Waals surface area contributed by atoms with E-state index in [9.17, 15) is 14.0 Å². The molecule has 0 spiro atoms. The van der Waals surface area contributed by atoms with Crippen LogP contribution < -0.4 is 4.74 Å². The molecule has 2 aromatic rings. The Morgan fingerprint density at radius 3 is 2.29 bits per heavy atom. The summed E-state index contributed by atoms with van der Waals surface area (Å²) in [4.78, 5) is 21.9. The zero-order valence-corrected chi connectivity index (χ0v) is 16.5. The summed E-state index contributed by atoms with van der Waals surface area (Å²) in [6.45, 7) is 3.81. The average Bonchev–Trinajstić information content (AvgIpc) is 2.57. The molecule has 0 atom stereocenters. The lowest BCUT2D eigenvalue weighted by Gasteiger charge is -2.13. The highest BCUT2D eigenvalue weighted by Gasteiger charge is 2.15. The zero-order chi connectivity index (χ0) is 20.8. The van der Waals surface area contributed by atoms with Crippen LogP contribution in [-0.2, 0) is 28.9 Å². The summed E-state index contributed by atoms with van der Waals surface area (Å²) in [5.74, 6) is -2.41. The smallest absolute Gasteiger partial charge is 0.308 e. The Kier molecular flexibility index (Phi) is 7.40. The Balaban J connectivity index is 2.01. The topological polar surface area (TPSA) is 83.8 Å². The molecule has 0 radical (unpaired) electrons. The first kappa shape index (κ1) is 21.7. The second-order valence-electron chi connectivity index (χ2n) is 6.69. The number of aliphatic carboxylic acids is 2. The van der Waals surface area contributed by atoms with Gasteiger partial charge in [-0.1, -0.05) is 17.7 Å². The summed E-state index contributed by atoms with van der Waals surface area (Å²) < 4.78 is 19.7. The first-order chi connectivity index (χ1) is 13.2. The van der Waals surface area contributed by atoms with Crippen molar-refractivity contribution in [3.63, 3.8) is 0 Å². The zero-order valence-electron chi connectivity index (χ0n) is 15.7. The molecule has 0 heterocycles. The quantitative estimate of drug-likeness (QED) is 0.602. The van der Waals surface area contributed by atoms with E-state index in [1.165, 1.54) is 6.07 Å². The van der Waals surface area contributed by atoms with E-state index < -0.39 is 24.2 Å². The van der Waals surface area contributed by atoms with Crippen LogP contribution in [0.5, 0.6) is 5.75 Å². The lowest BCUT2D eigenvalue weighted by molar-refractivity contribution is -0.137. The lowest BCUT2D eigenvalue weighted by Crippen LogP contribution is -2.08. The average molecular weight is 409 g/mol. The van der Waals surface area contributed by atoms with Crippen molar-refractivity contribution in [1.82, 2.24) is 0 Å². The minimum atomic E-state index is -1.13. The molecule has 28 heavy (non-hydrogen) atoms. The van der Waals surface area contributed by atoms with Gasteiger partial charge in [-0.25, -0.2) is 4.39 Å². The van der Waals surface area contributed by atoms with Crippen molar-refractivity contribution in [3.05, 3.63) is 62.9 Å². The van der Waals surface area contributed by atoms with Gasteiger partial charge in [0.2, 0.25) is 0 Å². The van der Waals surface area contributed by atoms with Gasteiger partial charge in [0.25, 0.3) is 0 Å². The Bertz CT molecular complexity index is 872. The molecule has 0 aromatic heterocycles. The molecule has 0 saturated carbocycles. The van der Waals surface area contributed by atoms with Crippen molar-refractivity contribution in [1.29, 1.82) is 0 Å². The fourth-order valence-corrected chi connectivity index (χ4v) is 3.37. The standard InChI is InChI=1S/C21H22ClFO5/c1-12-6-18(23)16(11-21(26)27)19(7-12)28-5-3-4-14-8-13(2)15(10-20(24)25)17(22)9-14/h6-9H,3-5,10-11H2,1-2H3,(H,24,25)(H,26,27). The van der Waals surface area contributed by atoms with Crippen molar-refractivity contribution in [2.24, 2.45) is 0 Å². The van der Waals surface area contributed by atoms with Crippen molar-refractivity contribution < 1.29 is 28.9 Å². The van der Waals surface area contributed by atoms with Gasteiger partial charge in [0.15, 0.2) is 0 Å². The van der Waals surface area contributed by atoms with Gasteiger partial charge in [-0.2, -0.15) is 0 Å². The summed E-state index contributed by atoms with van der Waals surface area (Å²) in [5.41, 5.74) is 3.05. The van der Waals surface area contributed by atoms with Gasteiger partial charge < -0.3 is 14.9 Å². The van der Waals surface area contributed by atoms with E-state index in [1.54, 1.807) is 19.1 Å². The number of hydrogen-bond acceptors (Lipinski definition) is 3. The van der Waals surface area contributed by atoms with Gasteiger partial charge in [-0.05, 0) is 67.1 Å². The number of carboxylic acid groups (broad SMARTS) is 2. The number of ether oxygens (including phenoxy) is 1. The largest absolute Gasteiger partial charge is 0.493 e. The number of halogens is 2. The van der Waals surface area contributed by atoms with Crippen LogP contribution in [0.4, 0.5) is 4.39 Å². The van der Waals surface area contributed by atoms with Crippen LogP contribution in [0.3, 0.4) is 0 Å². The highest BCUT2D eigenvalue weighted by molar-refractivity contribution is 6.31. The molecule has 0 saturated heterocycles. The lowest BCUT2D eigenvalue weighted by atomic mass is 10.00. The van der Waals surface area contributed by atoms with Crippen molar-refractivity contribution in [3.8, 4) is 5.75 Å². The van der Waals surface area contributed by atoms with Gasteiger partial charge in [0.1, 0.15) is 11.6 Å². The maximum Gasteiger partial charge on any atom is 0.308 e. The summed E-state index contributed by atoms with van der Waals surface area (Å²) in [5, 5.41) is 18.3. The molecule has 0 aliphatic carbocycles. The number of hydrogen-bond donors (Lipinski definition) is 2. The molecule has 2 aromatic carbocycles. The monoisotopic (exact) mass is 408 g/mol. The van der Waals surface area contributed by atoms with E-state index >= 15 is 0 Å². The third-order valence-electron chi connectivity index (χ3n) is 4.30. The van der Waals surface area contributed by atoms with Gasteiger partial charge >= 0.3 is 11.9 Å². The van der Waals surface area contributed by atoms with Crippen LogP contribution >= 0.6 is 11.6 Å². The third-order valence-corrected chi connectivity index (χ3v) is 4.64. The highest BCUT2D eigenvalue weighted by Crippen LogP contribution is 2.26. The van der Waals surface area contributed by atoms with Crippen LogP contribution in [0.2, 0.25) is 5.02 Å². The first-order valence-corrected chi connectivity index (χ1v) is 9.18. The maximum absolute atomic E-state index is 14.1. The molecule has 0 bridgehead atoms. The van der Waals surface area contributed by atoms with Crippen molar-refractivity contribution in [2.45, 2.75) is 39.5 Å². The van der Waals surface area contributed by atoms with Crippen molar-refractivity contribution >= 4 is 23.5 Å². The molecular weight excluding hydrogens is 387 g/mol. The minimum absolute atomic E-state index is 0.0370. The number of carbonyl (C=O) groups is 2. The highest BCUT2D eigenvalue weighted by atomic mass is 35.5. The Labute approximate surface area is 167 Å². The SMILES string of the molecule is Cc1cc(F)c(CC(=O)O)c(OCCCc2cc(C)c(CC(=O)O)c(Cl)c2)c1. The van der Waals surface area contributed by atoms with Gasteiger partial charge in [-0.3, -0.25) is 9.59 Å². The summed E-state index contributed by atoms with van der Waals surface area (Å²) in [6.07, 6.45) is 0.674. The predicted molar refractivity (Wildman–Crippen MR) is 104 cm³/mol. The van der Waals surface area contributed by atoms with E-state index in [0.717, 1.165) is 11.1 Å². The third kappa shape index (κ3) is 5.96. The molecular formula is C21H22ClFO5. The first-order valence-electron chi connectivity index (χ1n) is 8.80. The van der Waals surface area contributed by atoms with Crippen LogP contribution in [-0.4, -0.2) is 28.8 Å². The molecule has 0 aliphatic rings. The Morgan fingerprint density at radius 1 is 1.04 bits per heavy atom. The predicted octanol–water partition coefficient (Wildman–Crippen LogP) is 4.36. The summed E-state index contributed by atoms with van der Waals surface area (Å²) >= 11 is 6.20. The second-order valence-corrected chi connectivity index (χ2v) is 7.10. The van der Waals surface area contributed by atoms with Gasteiger partial charge in [0.05, 0.1) is 19.4 Å². The fourth-order valence-electron chi connectivity index (χ4n) is 3.01. The van der Waals surface area contributed by atoms with Gasteiger partial charge in [0, 0.05) is 10.6 Å². The van der Waals surface area contributed by atoms with E-state index in [4.69, 9.17) is 26.6 Å². The Hall–Kier alpha value is -2.60. The number of benzene rings is 2. The van der Waals surface area contributed by atoms with E-state index in [1.807, 2.05) is 13.0 Å². The molecule has 7 heteroatoms. The molecule has 2 N–H and O–H groups in total. The van der Waals surface area contributed by atoms with Crippen LogP contribution in [0.25, 0.3) is 0 Å². The number of rotatable bonds is 9. The van der Waals surface area contributed by atoms with E-state index in [-0.39, 0.29) is 24.3 Å². The molecule has 5 nitrogen and oxygen atoms in total. The number of carboxylic acids is 2. The van der Waals surface area contributed by atoms with Crippen LogP contribution in [0.1, 0.15) is 34.2 Å². The fraction of sp³-hybridized carbons (Fsp3) is 0.333. The number of aryl methyl sites for hydroxylation is 3. The maximum atomic E-state index is 14.1. The van der Waals surface area contributed by atoms with Crippen molar-refractivity contribution in [2.75, 3.05) is 6.61 Å². The molecule has 0 fully saturated rings. The molecule has 150 valence electrons. The summed E-state index contributed by atoms with van der Waals surface area (Å²) in [6, 6.07) is 6.55. The van der Waals surface area contributed by atoms with Crippen LogP contribution in [0.15, 0.2) is 24.3 Å². The van der Waals surface area contributed by atoms with Gasteiger partial charge in [-0.15, -0.1) is 0 Å². The van der Waals surface area contributed by atoms with E-state index in [2.05, 4.69) is 0 Å². The van der Waals surface area contributed by atoms with Crippen LogP contribution in [0, 0.1) is 19.7 Å².